The molecule has 21 heavy (non-hydrogen) atoms. The van der Waals surface area contributed by atoms with Gasteiger partial charge in [-0.15, -0.1) is 0 Å². The Balaban J connectivity index is 2.99. The van der Waals surface area contributed by atoms with E-state index < -0.39 is 28.6 Å². The van der Waals surface area contributed by atoms with E-state index in [4.69, 9.17) is 27.9 Å². The van der Waals surface area contributed by atoms with E-state index in [0.29, 0.717) is 0 Å². The van der Waals surface area contributed by atoms with Crippen LogP contribution in [0, 0.1) is 0 Å². The maximum atomic E-state index is 12.1. The molecule has 1 aromatic carbocycles. The smallest absolute Gasteiger partial charge is 0.249 e. The van der Waals surface area contributed by atoms with E-state index in [2.05, 4.69) is 10.0 Å². The number of aliphatic hydroxyl groups is 1. The fourth-order valence-corrected chi connectivity index (χ4v) is 3.28. The van der Waals surface area contributed by atoms with Crippen molar-refractivity contribution in [2.45, 2.75) is 11.0 Å². The summed E-state index contributed by atoms with van der Waals surface area (Å²) in [4.78, 5) is 10.8. The van der Waals surface area contributed by atoms with Gasteiger partial charge < -0.3 is 15.2 Å². The number of halogens is 2. The number of sulfonamides is 1. The number of hydrogen-bond donors (Lipinski definition) is 3. The average molecular weight is 357 g/mol. The van der Waals surface area contributed by atoms with Crippen LogP contribution in [-0.2, 0) is 14.8 Å². The summed E-state index contributed by atoms with van der Waals surface area (Å²) in [5.74, 6) is -0.484. The Morgan fingerprint density at radius 2 is 2.00 bits per heavy atom. The lowest BCUT2D eigenvalue weighted by molar-refractivity contribution is -0.128. The van der Waals surface area contributed by atoms with Crippen LogP contribution in [0.15, 0.2) is 17.0 Å². The predicted molar refractivity (Wildman–Crippen MR) is 78.3 cm³/mol. The molecule has 0 aromatic heterocycles. The SMILES string of the molecule is CNC(=O)C(O)CNS(=O)(=O)c1ccc(OC)c(Cl)c1Cl. The first-order chi connectivity index (χ1) is 9.74. The second-order valence-corrected chi connectivity index (χ2v) is 6.37. The Labute approximate surface area is 132 Å². The molecule has 10 heteroatoms. The van der Waals surface area contributed by atoms with Crippen LogP contribution in [0.25, 0.3) is 0 Å². The molecule has 0 aliphatic carbocycles. The van der Waals surface area contributed by atoms with Crippen molar-refractivity contribution in [2.75, 3.05) is 20.7 Å². The van der Waals surface area contributed by atoms with Gasteiger partial charge in [0, 0.05) is 13.6 Å². The molecule has 0 heterocycles. The van der Waals surface area contributed by atoms with Gasteiger partial charge in [-0.05, 0) is 12.1 Å². The van der Waals surface area contributed by atoms with Crippen LogP contribution in [-0.4, -0.2) is 46.2 Å². The topological polar surface area (TPSA) is 105 Å². The molecule has 1 aromatic rings. The summed E-state index contributed by atoms with van der Waals surface area (Å²) in [6, 6.07) is 2.56. The van der Waals surface area contributed by atoms with Crippen LogP contribution in [0.4, 0.5) is 0 Å². The Morgan fingerprint density at radius 3 is 2.52 bits per heavy atom. The number of nitrogens with one attached hydrogen (secondary N) is 2. The number of hydrogen-bond acceptors (Lipinski definition) is 5. The highest BCUT2D eigenvalue weighted by atomic mass is 35.5. The van der Waals surface area contributed by atoms with E-state index in [1.807, 2.05) is 0 Å². The summed E-state index contributed by atoms with van der Waals surface area (Å²) in [5, 5.41) is 11.3. The van der Waals surface area contributed by atoms with Crippen molar-refractivity contribution < 1.29 is 23.1 Å². The number of rotatable bonds is 6. The lowest BCUT2D eigenvalue weighted by atomic mass is 10.3. The summed E-state index contributed by atoms with van der Waals surface area (Å²) >= 11 is 11.8. The highest BCUT2D eigenvalue weighted by Crippen LogP contribution is 2.36. The summed E-state index contributed by atoms with van der Waals surface area (Å²) < 4.78 is 31.2. The molecule has 3 N–H and O–H groups in total. The molecule has 118 valence electrons. The maximum Gasteiger partial charge on any atom is 0.249 e. The van der Waals surface area contributed by atoms with Crippen molar-refractivity contribution in [3.05, 3.63) is 22.2 Å². The molecule has 0 fully saturated rings. The second-order valence-electron chi connectivity index (χ2n) is 3.88. The van der Waals surface area contributed by atoms with Crippen LogP contribution in [0.1, 0.15) is 0 Å². The molecule has 1 amide bonds. The fraction of sp³-hybridized carbons (Fsp3) is 0.364. The van der Waals surface area contributed by atoms with E-state index in [-0.39, 0.29) is 20.7 Å². The first-order valence-electron chi connectivity index (χ1n) is 5.66. The molecule has 0 aliphatic rings. The highest BCUT2D eigenvalue weighted by molar-refractivity contribution is 7.89. The number of carbonyl (C=O) groups excluding carboxylic acids is 1. The van der Waals surface area contributed by atoms with E-state index in [1.165, 1.54) is 26.3 Å². The molecular formula is C11H14Cl2N2O5S. The van der Waals surface area contributed by atoms with Crippen molar-refractivity contribution in [3.8, 4) is 5.75 Å². The first kappa shape index (κ1) is 18.0. The van der Waals surface area contributed by atoms with Gasteiger partial charge in [-0.3, -0.25) is 4.79 Å². The molecule has 0 radical (unpaired) electrons. The van der Waals surface area contributed by atoms with Gasteiger partial charge in [0.1, 0.15) is 21.8 Å². The van der Waals surface area contributed by atoms with E-state index in [9.17, 15) is 18.3 Å². The van der Waals surface area contributed by atoms with Gasteiger partial charge in [-0.1, -0.05) is 23.2 Å². The molecular weight excluding hydrogens is 343 g/mol. The minimum Gasteiger partial charge on any atom is -0.495 e. The highest BCUT2D eigenvalue weighted by Gasteiger charge is 2.24. The lowest BCUT2D eigenvalue weighted by Crippen LogP contribution is -2.41. The number of amides is 1. The zero-order chi connectivity index (χ0) is 16.2. The van der Waals surface area contributed by atoms with Crippen LogP contribution in [0.3, 0.4) is 0 Å². The van der Waals surface area contributed by atoms with Gasteiger partial charge in [0.25, 0.3) is 0 Å². The third-order valence-electron chi connectivity index (χ3n) is 2.54. The van der Waals surface area contributed by atoms with Crippen molar-refractivity contribution in [2.24, 2.45) is 0 Å². The Kier molecular flexibility index (Phi) is 6.24. The number of likely N-dealkylation sites (N-methyl/N-ethyl adjacent to an activating group) is 1. The minimum absolute atomic E-state index is 0.0473. The van der Waals surface area contributed by atoms with Gasteiger partial charge in [-0.2, -0.15) is 0 Å². The number of benzene rings is 1. The number of carbonyl (C=O) groups is 1. The van der Waals surface area contributed by atoms with Gasteiger partial charge >= 0.3 is 0 Å². The molecule has 0 spiro atoms. The van der Waals surface area contributed by atoms with Crippen LogP contribution in [0.5, 0.6) is 5.75 Å². The van der Waals surface area contributed by atoms with Crippen LogP contribution < -0.4 is 14.8 Å². The van der Waals surface area contributed by atoms with Gasteiger partial charge in [0.05, 0.1) is 12.1 Å². The van der Waals surface area contributed by atoms with E-state index in [0.717, 1.165) is 0 Å². The van der Waals surface area contributed by atoms with Crippen molar-refractivity contribution in [1.29, 1.82) is 0 Å². The average Bonchev–Trinajstić information content (AvgIpc) is 2.46. The van der Waals surface area contributed by atoms with Crippen LogP contribution in [0.2, 0.25) is 10.0 Å². The number of aliphatic hydroxyl groups excluding tert-OH is 1. The molecule has 0 bridgehead atoms. The van der Waals surface area contributed by atoms with Crippen molar-refractivity contribution >= 4 is 39.1 Å². The molecule has 1 atom stereocenters. The molecule has 1 rings (SSSR count). The summed E-state index contributed by atoms with van der Waals surface area (Å²) in [5.41, 5.74) is 0. The van der Waals surface area contributed by atoms with Gasteiger partial charge in [0.15, 0.2) is 0 Å². The normalized spacial score (nSPS) is 12.8. The molecule has 7 nitrogen and oxygen atoms in total. The predicted octanol–water partition coefficient (Wildman–Crippen LogP) is 0.387. The van der Waals surface area contributed by atoms with Gasteiger partial charge in [0.2, 0.25) is 15.9 Å². The minimum atomic E-state index is -4.04. The second kappa shape index (κ2) is 7.28. The number of methoxy groups -OCH3 is 1. The molecule has 0 aliphatic heterocycles. The van der Waals surface area contributed by atoms with E-state index in [1.54, 1.807) is 0 Å². The zero-order valence-electron chi connectivity index (χ0n) is 11.2. The maximum absolute atomic E-state index is 12.1. The molecule has 0 saturated heterocycles. The van der Waals surface area contributed by atoms with Crippen LogP contribution >= 0.6 is 23.2 Å². The summed E-state index contributed by atoms with van der Waals surface area (Å²) in [7, 11) is -1.35. The Hall–Kier alpha value is -1.06. The summed E-state index contributed by atoms with van der Waals surface area (Å²) in [6.45, 7) is -0.498. The van der Waals surface area contributed by atoms with Gasteiger partial charge in [-0.25, -0.2) is 13.1 Å². The third kappa shape index (κ3) is 4.21. The quantitative estimate of drug-likeness (QED) is 0.683. The molecule has 1 unspecified atom stereocenters. The summed E-state index contributed by atoms with van der Waals surface area (Å²) in [6.07, 6.45) is -1.52. The zero-order valence-corrected chi connectivity index (χ0v) is 13.5. The fourth-order valence-electron chi connectivity index (χ4n) is 1.40. The standard InChI is InChI=1S/C11H14Cl2N2O5S/c1-14-11(17)6(16)5-15-21(18,19)8-4-3-7(20-2)9(12)10(8)13/h3-4,6,15-16H,5H2,1-2H3,(H,14,17). The largest absolute Gasteiger partial charge is 0.495 e. The lowest BCUT2D eigenvalue weighted by Gasteiger charge is -2.13. The monoisotopic (exact) mass is 356 g/mol. The Bertz CT molecular complexity index is 636. The van der Waals surface area contributed by atoms with Crippen molar-refractivity contribution in [3.63, 3.8) is 0 Å². The Morgan fingerprint density at radius 1 is 1.38 bits per heavy atom. The first-order valence-corrected chi connectivity index (χ1v) is 7.89. The number of ether oxygens (including phenoxy) is 1. The van der Waals surface area contributed by atoms with Crippen molar-refractivity contribution in [1.82, 2.24) is 10.0 Å². The van der Waals surface area contributed by atoms with E-state index >= 15 is 0 Å². The molecule has 0 saturated carbocycles. The third-order valence-corrected chi connectivity index (χ3v) is 4.98.